The van der Waals surface area contributed by atoms with Crippen LogP contribution < -0.4 is 5.32 Å². The number of esters is 1. The Morgan fingerprint density at radius 3 is 2.46 bits per heavy atom. The SMILES string of the molecule is COC(=O)c1ccc([C@H]2CC(=O)NC3=C2C(=O)CC(C)(C)C3)cc1. The van der Waals surface area contributed by atoms with E-state index < -0.39 is 5.97 Å². The maximum absolute atomic E-state index is 12.7. The highest BCUT2D eigenvalue weighted by Crippen LogP contribution is 2.43. The summed E-state index contributed by atoms with van der Waals surface area (Å²) in [5.41, 5.74) is 2.67. The molecule has 1 amide bonds. The Morgan fingerprint density at radius 2 is 1.83 bits per heavy atom. The molecule has 0 aromatic heterocycles. The van der Waals surface area contributed by atoms with Gasteiger partial charge in [0.05, 0.1) is 12.7 Å². The number of methoxy groups -OCH3 is 1. The molecule has 0 saturated carbocycles. The summed E-state index contributed by atoms with van der Waals surface area (Å²) in [6.07, 6.45) is 1.43. The Labute approximate surface area is 141 Å². The predicted octanol–water partition coefficient (Wildman–Crippen LogP) is 2.72. The molecule has 3 rings (SSSR count). The van der Waals surface area contributed by atoms with Gasteiger partial charge in [0.1, 0.15) is 0 Å². The summed E-state index contributed by atoms with van der Waals surface area (Å²) in [6.45, 7) is 4.07. The van der Waals surface area contributed by atoms with Crippen molar-refractivity contribution in [3.05, 3.63) is 46.7 Å². The summed E-state index contributed by atoms with van der Waals surface area (Å²) in [5.74, 6) is -0.619. The van der Waals surface area contributed by atoms with Gasteiger partial charge in [-0.3, -0.25) is 9.59 Å². The molecule has 5 heteroatoms. The number of ether oxygens (including phenoxy) is 1. The van der Waals surface area contributed by atoms with Gasteiger partial charge in [-0.05, 0) is 29.5 Å². The van der Waals surface area contributed by atoms with Crippen LogP contribution >= 0.6 is 0 Å². The molecule has 5 nitrogen and oxygen atoms in total. The molecule has 1 aromatic rings. The standard InChI is InChI=1S/C19H21NO4/c1-19(2)9-14-17(15(21)10-19)13(8-16(22)20-14)11-4-6-12(7-5-11)18(23)24-3/h4-7,13H,8-10H2,1-3H3,(H,20,22)/t13-/m1/s1. The molecule has 126 valence electrons. The number of nitrogens with one attached hydrogen (secondary N) is 1. The first-order valence-electron chi connectivity index (χ1n) is 8.05. The van der Waals surface area contributed by atoms with Crippen LogP contribution in [0.2, 0.25) is 0 Å². The molecule has 0 radical (unpaired) electrons. The number of carbonyl (C=O) groups excluding carboxylic acids is 3. The van der Waals surface area contributed by atoms with Crippen LogP contribution in [0, 0.1) is 5.41 Å². The number of benzene rings is 1. The van der Waals surface area contributed by atoms with Crippen molar-refractivity contribution in [2.24, 2.45) is 5.41 Å². The molecule has 24 heavy (non-hydrogen) atoms. The predicted molar refractivity (Wildman–Crippen MR) is 88.3 cm³/mol. The Balaban J connectivity index is 1.99. The van der Waals surface area contributed by atoms with Gasteiger partial charge in [0, 0.05) is 30.0 Å². The zero-order valence-electron chi connectivity index (χ0n) is 14.1. The van der Waals surface area contributed by atoms with Crippen LogP contribution in [0.3, 0.4) is 0 Å². The molecule has 1 aliphatic heterocycles. The first kappa shape index (κ1) is 16.4. The van der Waals surface area contributed by atoms with Gasteiger partial charge in [0.15, 0.2) is 5.78 Å². The summed E-state index contributed by atoms with van der Waals surface area (Å²) >= 11 is 0. The highest BCUT2D eigenvalue weighted by Gasteiger charge is 2.40. The van der Waals surface area contributed by atoms with E-state index >= 15 is 0 Å². The van der Waals surface area contributed by atoms with E-state index in [1.54, 1.807) is 24.3 Å². The second kappa shape index (κ2) is 5.89. The van der Waals surface area contributed by atoms with Gasteiger partial charge in [0.25, 0.3) is 0 Å². The van der Waals surface area contributed by atoms with Crippen LogP contribution in [0.5, 0.6) is 0 Å². The zero-order chi connectivity index (χ0) is 17.5. The molecule has 0 spiro atoms. The van der Waals surface area contributed by atoms with Gasteiger partial charge in [0.2, 0.25) is 5.91 Å². The number of amides is 1. The lowest BCUT2D eigenvalue weighted by Gasteiger charge is -2.37. The average molecular weight is 327 g/mol. The number of hydrogen-bond donors (Lipinski definition) is 1. The Hall–Kier alpha value is -2.43. The third kappa shape index (κ3) is 2.98. The summed E-state index contributed by atoms with van der Waals surface area (Å²) in [6, 6.07) is 6.94. The maximum atomic E-state index is 12.7. The van der Waals surface area contributed by atoms with Crippen LogP contribution in [-0.4, -0.2) is 24.8 Å². The second-order valence-electron chi connectivity index (χ2n) is 7.25. The number of carbonyl (C=O) groups is 3. The number of allylic oxidation sites excluding steroid dienone is 2. The fraction of sp³-hybridized carbons (Fsp3) is 0.421. The number of Topliss-reactive ketones (excluding diaryl/α,β-unsaturated/α-hetero) is 1. The van der Waals surface area contributed by atoms with E-state index in [1.807, 2.05) is 13.8 Å². The van der Waals surface area contributed by atoms with E-state index in [1.165, 1.54) is 7.11 Å². The topological polar surface area (TPSA) is 72.5 Å². The van der Waals surface area contributed by atoms with Gasteiger partial charge in [-0.1, -0.05) is 26.0 Å². The third-order valence-electron chi connectivity index (χ3n) is 4.68. The lowest BCUT2D eigenvalue weighted by atomic mass is 9.70. The van der Waals surface area contributed by atoms with Crippen molar-refractivity contribution in [2.45, 2.75) is 39.0 Å². The minimum Gasteiger partial charge on any atom is -0.465 e. The van der Waals surface area contributed by atoms with Crippen LogP contribution in [0.4, 0.5) is 0 Å². The molecule has 1 heterocycles. The van der Waals surface area contributed by atoms with Crippen molar-refractivity contribution in [1.82, 2.24) is 5.32 Å². The van der Waals surface area contributed by atoms with Gasteiger partial charge in [-0.2, -0.15) is 0 Å². The van der Waals surface area contributed by atoms with Gasteiger partial charge >= 0.3 is 5.97 Å². The fourth-order valence-corrected chi connectivity index (χ4v) is 3.61. The Kier molecular flexibility index (Phi) is 4.03. The minimum absolute atomic E-state index is 0.0682. The van der Waals surface area contributed by atoms with E-state index in [2.05, 4.69) is 5.32 Å². The molecule has 1 N–H and O–H groups in total. The van der Waals surface area contributed by atoms with Crippen LogP contribution in [0.1, 0.15) is 54.9 Å². The van der Waals surface area contributed by atoms with Gasteiger partial charge < -0.3 is 10.1 Å². The quantitative estimate of drug-likeness (QED) is 0.848. The normalized spacial score (nSPS) is 22.7. The van der Waals surface area contributed by atoms with Crippen molar-refractivity contribution in [3.8, 4) is 0 Å². The van der Waals surface area contributed by atoms with Crippen molar-refractivity contribution in [3.63, 3.8) is 0 Å². The molecular formula is C19H21NO4. The summed E-state index contributed by atoms with van der Waals surface area (Å²) < 4.78 is 4.70. The van der Waals surface area contributed by atoms with Crippen molar-refractivity contribution < 1.29 is 19.1 Å². The van der Waals surface area contributed by atoms with E-state index in [0.717, 1.165) is 16.8 Å². The van der Waals surface area contributed by atoms with E-state index in [4.69, 9.17) is 4.74 Å². The van der Waals surface area contributed by atoms with Crippen molar-refractivity contribution in [2.75, 3.05) is 7.11 Å². The summed E-state index contributed by atoms with van der Waals surface area (Å²) in [7, 11) is 1.33. The highest BCUT2D eigenvalue weighted by molar-refractivity contribution is 6.02. The molecule has 1 atom stereocenters. The molecule has 1 aromatic carbocycles. The monoisotopic (exact) mass is 327 g/mol. The fourth-order valence-electron chi connectivity index (χ4n) is 3.61. The van der Waals surface area contributed by atoms with Gasteiger partial charge in [-0.15, -0.1) is 0 Å². The molecule has 0 fully saturated rings. The highest BCUT2D eigenvalue weighted by atomic mass is 16.5. The largest absolute Gasteiger partial charge is 0.465 e. The molecule has 0 saturated heterocycles. The van der Waals surface area contributed by atoms with Gasteiger partial charge in [-0.25, -0.2) is 4.79 Å². The smallest absolute Gasteiger partial charge is 0.337 e. The second-order valence-corrected chi connectivity index (χ2v) is 7.25. The molecule has 2 aliphatic rings. The summed E-state index contributed by atoms with van der Waals surface area (Å²) in [5, 5.41) is 2.89. The lowest BCUT2D eigenvalue weighted by Crippen LogP contribution is -2.40. The Bertz CT molecular complexity index is 743. The first-order chi connectivity index (χ1) is 11.3. The zero-order valence-corrected chi connectivity index (χ0v) is 14.1. The molecular weight excluding hydrogens is 306 g/mol. The van der Waals surface area contributed by atoms with Crippen molar-refractivity contribution >= 4 is 17.7 Å². The number of hydrogen-bond acceptors (Lipinski definition) is 4. The summed E-state index contributed by atoms with van der Waals surface area (Å²) in [4.78, 5) is 36.3. The van der Waals surface area contributed by atoms with Crippen molar-refractivity contribution in [1.29, 1.82) is 0 Å². The average Bonchev–Trinajstić information content (AvgIpc) is 2.51. The Morgan fingerprint density at radius 1 is 1.17 bits per heavy atom. The van der Waals surface area contributed by atoms with Crippen LogP contribution in [-0.2, 0) is 14.3 Å². The van der Waals surface area contributed by atoms with Crippen LogP contribution in [0.25, 0.3) is 0 Å². The van der Waals surface area contributed by atoms with E-state index in [9.17, 15) is 14.4 Å². The third-order valence-corrected chi connectivity index (χ3v) is 4.68. The molecule has 1 aliphatic carbocycles. The minimum atomic E-state index is -0.404. The molecule has 0 bridgehead atoms. The first-order valence-corrected chi connectivity index (χ1v) is 8.05. The number of rotatable bonds is 2. The van der Waals surface area contributed by atoms with E-state index in [0.29, 0.717) is 18.4 Å². The van der Waals surface area contributed by atoms with E-state index in [-0.39, 0.29) is 29.4 Å². The maximum Gasteiger partial charge on any atom is 0.337 e. The number of ketones is 1. The van der Waals surface area contributed by atoms with Crippen LogP contribution in [0.15, 0.2) is 35.5 Å². The molecule has 0 unspecified atom stereocenters. The lowest BCUT2D eigenvalue weighted by molar-refractivity contribution is -0.122.